The van der Waals surface area contributed by atoms with E-state index in [0.717, 1.165) is 6.42 Å². The molecule has 0 bridgehead atoms. The van der Waals surface area contributed by atoms with Crippen LogP contribution in [0.15, 0.2) is 36.4 Å². The van der Waals surface area contributed by atoms with E-state index in [9.17, 15) is 0 Å². The Morgan fingerprint density at radius 2 is 1.83 bits per heavy atom. The summed E-state index contributed by atoms with van der Waals surface area (Å²) in [4.78, 5) is 0. The Labute approximate surface area is 113 Å². The van der Waals surface area contributed by atoms with Gasteiger partial charge in [-0.2, -0.15) is 0 Å². The first-order valence-electron chi connectivity index (χ1n) is 6.80. The van der Waals surface area contributed by atoms with Gasteiger partial charge in [0.1, 0.15) is 8.07 Å². The second-order valence-corrected chi connectivity index (χ2v) is 10.4. The lowest BCUT2D eigenvalue weighted by molar-refractivity contribution is 0.824. The zero-order chi connectivity index (χ0) is 13.4. The monoisotopic (exact) mass is 256 g/mol. The maximum atomic E-state index is 3.41. The van der Waals surface area contributed by atoms with Crippen LogP contribution < -0.4 is 0 Å². The van der Waals surface area contributed by atoms with Crippen LogP contribution in [0.5, 0.6) is 0 Å². The number of hydrogen-bond acceptors (Lipinski definition) is 0. The highest BCUT2D eigenvalue weighted by Gasteiger charge is 2.07. The minimum atomic E-state index is -1.26. The molecular weight excluding hydrogens is 232 g/mol. The Morgan fingerprint density at radius 1 is 1.17 bits per heavy atom. The third kappa shape index (κ3) is 5.89. The summed E-state index contributed by atoms with van der Waals surface area (Å²) in [6.07, 6.45) is 5.71. The van der Waals surface area contributed by atoms with Gasteiger partial charge in [-0.1, -0.05) is 69.2 Å². The summed E-state index contributed by atoms with van der Waals surface area (Å²) in [7, 11) is -1.26. The van der Waals surface area contributed by atoms with E-state index in [1.54, 1.807) is 0 Å². The zero-order valence-electron chi connectivity index (χ0n) is 12.1. The summed E-state index contributed by atoms with van der Waals surface area (Å²) in [5.74, 6) is 3.28. The molecule has 1 heteroatoms. The van der Waals surface area contributed by atoms with Crippen LogP contribution in [0.4, 0.5) is 0 Å². The molecular formula is C17H24Si. The molecule has 0 amide bonds. The molecule has 0 aliphatic heterocycles. The van der Waals surface area contributed by atoms with Gasteiger partial charge in [0.15, 0.2) is 0 Å². The van der Waals surface area contributed by atoms with Gasteiger partial charge in [0.05, 0.1) is 0 Å². The molecule has 0 aliphatic rings. The minimum Gasteiger partial charge on any atom is -0.127 e. The van der Waals surface area contributed by atoms with Crippen molar-refractivity contribution in [1.82, 2.24) is 0 Å². The van der Waals surface area contributed by atoms with Crippen LogP contribution in [0.1, 0.15) is 31.7 Å². The van der Waals surface area contributed by atoms with E-state index in [1.165, 1.54) is 24.0 Å². The summed E-state index contributed by atoms with van der Waals surface area (Å²) < 4.78 is 0. The molecule has 0 radical (unpaired) electrons. The molecule has 0 nitrogen and oxygen atoms in total. The van der Waals surface area contributed by atoms with Crippen LogP contribution in [0.2, 0.25) is 19.6 Å². The lowest BCUT2D eigenvalue weighted by Gasteiger charge is -2.06. The number of unbranched alkanes of at least 4 members (excludes halogenated alkanes) is 1. The third-order valence-electron chi connectivity index (χ3n) is 2.64. The zero-order valence-corrected chi connectivity index (χ0v) is 13.1. The molecule has 0 unspecified atom stereocenters. The van der Waals surface area contributed by atoms with Crippen molar-refractivity contribution in [2.45, 2.75) is 45.8 Å². The molecule has 96 valence electrons. The van der Waals surface area contributed by atoms with Gasteiger partial charge in [-0.05, 0) is 30.1 Å². The molecule has 0 N–H and O–H groups in total. The Balaban J connectivity index is 2.91. The van der Waals surface area contributed by atoms with Gasteiger partial charge in [-0.15, -0.1) is 5.54 Å². The van der Waals surface area contributed by atoms with Crippen molar-refractivity contribution in [3.63, 3.8) is 0 Å². The predicted octanol–water partition coefficient (Wildman–Crippen LogP) is 5.14. The van der Waals surface area contributed by atoms with Crippen LogP contribution in [-0.2, 0) is 0 Å². The average molecular weight is 256 g/mol. The maximum absolute atomic E-state index is 3.41. The fourth-order valence-electron chi connectivity index (χ4n) is 1.66. The van der Waals surface area contributed by atoms with E-state index >= 15 is 0 Å². The molecule has 1 aromatic carbocycles. The van der Waals surface area contributed by atoms with Gasteiger partial charge in [-0.3, -0.25) is 0 Å². The molecule has 0 atom stereocenters. The molecule has 1 aromatic rings. The van der Waals surface area contributed by atoms with Crippen LogP contribution in [0.3, 0.4) is 0 Å². The van der Waals surface area contributed by atoms with Crippen LogP contribution in [0, 0.1) is 11.5 Å². The Bertz CT molecular complexity index is 438. The summed E-state index contributed by atoms with van der Waals surface area (Å²) in [6.45, 7) is 9.07. The fraction of sp³-hybridized carbons (Fsp3) is 0.412. The van der Waals surface area contributed by atoms with Crippen molar-refractivity contribution in [3.05, 3.63) is 42.0 Å². The Hall–Kier alpha value is -1.26. The first kappa shape index (κ1) is 14.8. The molecule has 0 aromatic heterocycles. The van der Waals surface area contributed by atoms with Crippen molar-refractivity contribution in [2.24, 2.45) is 0 Å². The normalized spacial score (nSPS) is 11.9. The smallest absolute Gasteiger partial charge is 0.127 e. The molecule has 0 heterocycles. The van der Waals surface area contributed by atoms with Crippen molar-refractivity contribution in [2.75, 3.05) is 0 Å². The second kappa shape index (κ2) is 7.23. The van der Waals surface area contributed by atoms with Crippen molar-refractivity contribution in [3.8, 4) is 11.5 Å². The third-order valence-corrected chi connectivity index (χ3v) is 3.53. The molecule has 0 spiro atoms. The standard InChI is InChI=1S/C17H24Si/c1-5-6-11-16(14-10-15-18(2,3)4)17-12-8-7-9-13-17/h7-9,12-14H,5-6,11H2,1-4H3/b16-14-. The number of rotatable bonds is 4. The summed E-state index contributed by atoms with van der Waals surface area (Å²) >= 11 is 0. The summed E-state index contributed by atoms with van der Waals surface area (Å²) in [5, 5.41) is 0. The van der Waals surface area contributed by atoms with Gasteiger partial charge in [-0.25, -0.2) is 0 Å². The van der Waals surface area contributed by atoms with Crippen molar-refractivity contribution >= 4 is 13.6 Å². The highest BCUT2D eigenvalue weighted by Crippen LogP contribution is 2.20. The van der Waals surface area contributed by atoms with Crippen molar-refractivity contribution in [1.29, 1.82) is 0 Å². The van der Waals surface area contributed by atoms with Gasteiger partial charge in [0.25, 0.3) is 0 Å². The molecule has 0 saturated carbocycles. The van der Waals surface area contributed by atoms with E-state index in [4.69, 9.17) is 0 Å². The maximum Gasteiger partial charge on any atom is 0.129 e. The SMILES string of the molecule is CCCC/C(=C/C#C[Si](C)(C)C)c1ccccc1. The lowest BCUT2D eigenvalue weighted by atomic mass is 10.0. The average Bonchev–Trinajstić information content (AvgIpc) is 2.33. The molecule has 0 saturated heterocycles. The molecule has 1 rings (SSSR count). The number of allylic oxidation sites excluding steroid dienone is 2. The quantitative estimate of drug-likeness (QED) is 0.517. The van der Waals surface area contributed by atoms with Gasteiger partial charge in [0.2, 0.25) is 0 Å². The van der Waals surface area contributed by atoms with Crippen LogP contribution >= 0.6 is 0 Å². The van der Waals surface area contributed by atoms with E-state index in [0.29, 0.717) is 0 Å². The first-order chi connectivity index (χ1) is 8.53. The summed E-state index contributed by atoms with van der Waals surface area (Å²) in [5.41, 5.74) is 6.10. The Kier molecular flexibility index (Phi) is 5.95. The Morgan fingerprint density at radius 3 is 2.39 bits per heavy atom. The molecule has 0 aliphatic carbocycles. The fourth-order valence-corrected chi connectivity index (χ4v) is 2.16. The van der Waals surface area contributed by atoms with Crippen LogP contribution in [0.25, 0.3) is 5.57 Å². The van der Waals surface area contributed by atoms with E-state index in [1.807, 2.05) is 0 Å². The summed E-state index contributed by atoms with van der Waals surface area (Å²) in [6, 6.07) is 10.6. The highest BCUT2D eigenvalue weighted by molar-refractivity contribution is 6.83. The van der Waals surface area contributed by atoms with Gasteiger partial charge >= 0.3 is 0 Å². The first-order valence-corrected chi connectivity index (χ1v) is 10.3. The largest absolute Gasteiger partial charge is 0.129 e. The topological polar surface area (TPSA) is 0 Å². The van der Waals surface area contributed by atoms with Crippen LogP contribution in [-0.4, -0.2) is 8.07 Å². The second-order valence-electron chi connectivity index (χ2n) is 5.66. The lowest BCUT2D eigenvalue weighted by Crippen LogP contribution is -2.16. The van der Waals surface area contributed by atoms with E-state index in [2.05, 4.69) is 74.4 Å². The number of benzene rings is 1. The van der Waals surface area contributed by atoms with E-state index in [-0.39, 0.29) is 0 Å². The predicted molar refractivity (Wildman–Crippen MR) is 85.1 cm³/mol. The van der Waals surface area contributed by atoms with Crippen molar-refractivity contribution < 1.29 is 0 Å². The van der Waals surface area contributed by atoms with Gasteiger partial charge < -0.3 is 0 Å². The molecule has 0 fully saturated rings. The van der Waals surface area contributed by atoms with Gasteiger partial charge in [0, 0.05) is 0 Å². The molecule has 18 heavy (non-hydrogen) atoms. The number of hydrogen-bond donors (Lipinski definition) is 0. The van der Waals surface area contributed by atoms with E-state index < -0.39 is 8.07 Å². The minimum absolute atomic E-state index is 1.13. The highest BCUT2D eigenvalue weighted by atomic mass is 28.3.